The first-order valence-corrected chi connectivity index (χ1v) is 7.68. The smallest absolute Gasteiger partial charge is 0.191 e. The van der Waals surface area contributed by atoms with Crippen molar-refractivity contribution in [2.75, 3.05) is 26.8 Å². The van der Waals surface area contributed by atoms with E-state index in [-0.39, 0.29) is 24.0 Å². The molecule has 7 heteroatoms. The zero-order valence-electron chi connectivity index (χ0n) is 13.4. The molecule has 0 radical (unpaired) electrons. The van der Waals surface area contributed by atoms with E-state index in [0.29, 0.717) is 12.0 Å². The maximum atomic E-state index is 5.23. The Morgan fingerprint density at radius 3 is 2.82 bits per heavy atom. The van der Waals surface area contributed by atoms with Gasteiger partial charge in [-0.05, 0) is 31.6 Å². The highest BCUT2D eigenvalue weighted by Crippen LogP contribution is 2.43. The number of hydrogen-bond donors (Lipinski definition) is 2. The SMILES string of the molecule is CCNC(=NCc1ccon1)NCC1(CCOC)CCC1.I. The van der Waals surface area contributed by atoms with E-state index in [1.807, 2.05) is 6.07 Å². The molecule has 0 saturated heterocycles. The molecule has 126 valence electrons. The van der Waals surface area contributed by atoms with Crippen LogP contribution in [0.4, 0.5) is 0 Å². The van der Waals surface area contributed by atoms with E-state index in [0.717, 1.165) is 37.8 Å². The molecule has 0 spiro atoms. The lowest BCUT2D eigenvalue weighted by Gasteiger charge is -2.42. The zero-order valence-corrected chi connectivity index (χ0v) is 15.8. The van der Waals surface area contributed by atoms with E-state index in [1.54, 1.807) is 13.4 Å². The fourth-order valence-corrected chi connectivity index (χ4v) is 2.60. The van der Waals surface area contributed by atoms with Gasteiger partial charge in [0.15, 0.2) is 5.96 Å². The van der Waals surface area contributed by atoms with E-state index in [1.165, 1.54) is 19.3 Å². The summed E-state index contributed by atoms with van der Waals surface area (Å²) in [6.45, 7) is 5.21. The van der Waals surface area contributed by atoms with Crippen LogP contribution in [0.25, 0.3) is 0 Å². The Kier molecular flexibility index (Phi) is 8.77. The van der Waals surface area contributed by atoms with E-state index < -0.39 is 0 Å². The molecule has 22 heavy (non-hydrogen) atoms. The van der Waals surface area contributed by atoms with Gasteiger partial charge in [0.1, 0.15) is 12.0 Å². The van der Waals surface area contributed by atoms with Crippen molar-refractivity contribution in [3.05, 3.63) is 18.0 Å². The topological polar surface area (TPSA) is 71.7 Å². The lowest BCUT2D eigenvalue weighted by Crippen LogP contribution is -2.46. The van der Waals surface area contributed by atoms with Crippen LogP contribution in [0.3, 0.4) is 0 Å². The van der Waals surface area contributed by atoms with Crippen molar-refractivity contribution in [1.29, 1.82) is 0 Å². The predicted molar refractivity (Wildman–Crippen MR) is 97.5 cm³/mol. The average molecular weight is 422 g/mol. The maximum absolute atomic E-state index is 5.23. The lowest BCUT2D eigenvalue weighted by molar-refractivity contribution is 0.0732. The van der Waals surface area contributed by atoms with Crippen LogP contribution in [0, 0.1) is 5.41 Å². The Morgan fingerprint density at radius 2 is 2.27 bits per heavy atom. The molecule has 0 amide bonds. The van der Waals surface area contributed by atoms with Gasteiger partial charge in [-0.25, -0.2) is 4.99 Å². The van der Waals surface area contributed by atoms with E-state index in [2.05, 4.69) is 27.7 Å². The number of aliphatic imine (C=N–C) groups is 1. The summed E-state index contributed by atoms with van der Waals surface area (Å²) < 4.78 is 10.0. The van der Waals surface area contributed by atoms with Crippen LogP contribution in [-0.4, -0.2) is 37.9 Å². The molecule has 1 fully saturated rings. The fourth-order valence-electron chi connectivity index (χ4n) is 2.60. The van der Waals surface area contributed by atoms with Gasteiger partial charge in [0.05, 0.1) is 6.54 Å². The Morgan fingerprint density at radius 1 is 1.45 bits per heavy atom. The minimum Gasteiger partial charge on any atom is -0.385 e. The maximum Gasteiger partial charge on any atom is 0.191 e. The molecule has 0 unspecified atom stereocenters. The largest absolute Gasteiger partial charge is 0.385 e. The molecule has 1 saturated carbocycles. The van der Waals surface area contributed by atoms with Crippen LogP contribution in [-0.2, 0) is 11.3 Å². The third-order valence-corrected chi connectivity index (χ3v) is 4.12. The molecule has 6 nitrogen and oxygen atoms in total. The number of guanidine groups is 1. The van der Waals surface area contributed by atoms with Crippen molar-refractivity contribution in [1.82, 2.24) is 15.8 Å². The van der Waals surface area contributed by atoms with Crippen molar-refractivity contribution in [2.45, 2.75) is 39.2 Å². The number of ether oxygens (including phenoxy) is 1. The summed E-state index contributed by atoms with van der Waals surface area (Å²) in [5, 5.41) is 10.6. The summed E-state index contributed by atoms with van der Waals surface area (Å²) in [5.41, 5.74) is 1.21. The molecule has 1 aliphatic rings. The Bertz CT molecular complexity index is 433. The van der Waals surface area contributed by atoms with Crippen LogP contribution in [0.2, 0.25) is 0 Å². The molecule has 0 bridgehead atoms. The standard InChI is InChI=1S/C15H26N4O2.HI/c1-3-16-14(17-11-13-5-9-21-19-13)18-12-15(6-4-7-15)8-10-20-2;/h5,9H,3-4,6-8,10-12H2,1-2H3,(H2,16,17,18);1H. The summed E-state index contributed by atoms with van der Waals surface area (Å²) in [4.78, 5) is 4.54. The first kappa shape index (κ1) is 19.2. The number of nitrogens with one attached hydrogen (secondary N) is 2. The Hall–Kier alpha value is -0.830. The van der Waals surface area contributed by atoms with Crippen molar-refractivity contribution in [2.24, 2.45) is 10.4 Å². The second-order valence-electron chi connectivity index (χ2n) is 5.64. The molecule has 2 rings (SSSR count). The van der Waals surface area contributed by atoms with Gasteiger partial charge in [-0.15, -0.1) is 24.0 Å². The predicted octanol–water partition coefficient (Wildman–Crippen LogP) is 2.55. The van der Waals surface area contributed by atoms with Crippen molar-refractivity contribution >= 4 is 29.9 Å². The normalized spacial score (nSPS) is 16.5. The monoisotopic (exact) mass is 422 g/mol. The molecular weight excluding hydrogens is 395 g/mol. The van der Waals surface area contributed by atoms with Crippen molar-refractivity contribution in [3.8, 4) is 0 Å². The highest BCUT2D eigenvalue weighted by Gasteiger charge is 2.36. The van der Waals surface area contributed by atoms with Crippen LogP contribution >= 0.6 is 24.0 Å². The van der Waals surface area contributed by atoms with Crippen molar-refractivity contribution in [3.63, 3.8) is 0 Å². The van der Waals surface area contributed by atoms with Crippen LogP contribution in [0.15, 0.2) is 21.8 Å². The first-order chi connectivity index (χ1) is 10.3. The summed E-state index contributed by atoms with van der Waals surface area (Å²) in [7, 11) is 1.77. The van der Waals surface area contributed by atoms with Gasteiger partial charge in [0.25, 0.3) is 0 Å². The molecule has 0 atom stereocenters. The molecule has 2 N–H and O–H groups in total. The van der Waals surface area contributed by atoms with Crippen LogP contribution < -0.4 is 10.6 Å². The number of halogens is 1. The summed E-state index contributed by atoms with van der Waals surface area (Å²) in [6, 6.07) is 1.83. The highest BCUT2D eigenvalue weighted by molar-refractivity contribution is 14.0. The molecular formula is C15H27IN4O2. The minimum atomic E-state index is 0. The second-order valence-corrected chi connectivity index (χ2v) is 5.64. The number of rotatable bonds is 8. The highest BCUT2D eigenvalue weighted by atomic mass is 127. The summed E-state index contributed by atoms with van der Waals surface area (Å²) >= 11 is 0. The van der Waals surface area contributed by atoms with E-state index in [9.17, 15) is 0 Å². The Balaban J connectivity index is 0.00000242. The molecule has 0 aliphatic heterocycles. The number of methoxy groups -OCH3 is 1. The number of hydrogen-bond acceptors (Lipinski definition) is 4. The Labute approximate surface area is 149 Å². The average Bonchev–Trinajstić information content (AvgIpc) is 2.96. The first-order valence-electron chi connectivity index (χ1n) is 7.68. The van der Waals surface area contributed by atoms with Gasteiger partial charge in [-0.2, -0.15) is 0 Å². The van der Waals surface area contributed by atoms with E-state index in [4.69, 9.17) is 9.26 Å². The summed E-state index contributed by atoms with van der Waals surface area (Å²) in [6.07, 6.45) is 6.54. The number of aromatic nitrogens is 1. The van der Waals surface area contributed by atoms with Gasteiger partial charge in [0, 0.05) is 32.9 Å². The van der Waals surface area contributed by atoms with Gasteiger partial charge in [0.2, 0.25) is 0 Å². The third-order valence-electron chi connectivity index (χ3n) is 4.12. The van der Waals surface area contributed by atoms with Crippen LogP contribution in [0.5, 0.6) is 0 Å². The quantitative estimate of drug-likeness (QED) is 0.383. The van der Waals surface area contributed by atoms with Gasteiger partial charge < -0.3 is 19.9 Å². The molecule has 1 aromatic heterocycles. The zero-order chi connectivity index (χ0) is 15.0. The molecule has 1 aromatic rings. The molecule has 1 aliphatic carbocycles. The van der Waals surface area contributed by atoms with Gasteiger partial charge in [-0.1, -0.05) is 11.6 Å². The molecule has 0 aromatic carbocycles. The van der Waals surface area contributed by atoms with Gasteiger partial charge >= 0.3 is 0 Å². The van der Waals surface area contributed by atoms with Crippen molar-refractivity contribution < 1.29 is 9.26 Å². The minimum absolute atomic E-state index is 0. The third kappa shape index (κ3) is 5.75. The number of nitrogens with zero attached hydrogens (tertiary/aromatic N) is 2. The second kappa shape index (κ2) is 10.0. The fraction of sp³-hybridized carbons (Fsp3) is 0.733. The summed E-state index contributed by atoms with van der Waals surface area (Å²) in [5.74, 6) is 0.837. The molecule has 1 heterocycles. The van der Waals surface area contributed by atoms with Gasteiger partial charge in [-0.3, -0.25) is 0 Å². The lowest BCUT2D eigenvalue weighted by atomic mass is 9.67. The van der Waals surface area contributed by atoms with Crippen LogP contribution in [0.1, 0.15) is 38.3 Å². The van der Waals surface area contributed by atoms with E-state index >= 15 is 0 Å².